The van der Waals surface area contributed by atoms with Gasteiger partial charge in [-0.05, 0) is 32.9 Å². The summed E-state index contributed by atoms with van der Waals surface area (Å²) in [5.41, 5.74) is 0.336. The highest BCUT2D eigenvalue weighted by atomic mass is 32.1. The molecule has 0 aliphatic rings. The zero-order chi connectivity index (χ0) is 15.2. The van der Waals surface area contributed by atoms with Crippen LogP contribution in [0.25, 0.3) is 0 Å². The molecule has 2 heterocycles. The number of hydrogen-bond acceptors (Lipinski definition) is 5. The Morgan fingerprint density at radius 2 is 2.19 bits per heavy atom. The number of carbonyl (C=O) groups excluding carboxylic acids is 1. The van der Waals surface area contributed by atoms with Gasteiger partial charge in [-0.15, -0.1) is 11.3 Å². The molecule has 112 valence electrons. The van der Waals surface area contributed by atoms with E-state index in [4.69, 9.17) is 0 Å². The van der Waals surface area contributed by atoms with Gasteiger partial charge in [-0.2, -0.15) is 0 Å². The molecule has 0 radical (unpaired) electrons. The highest BCUT2D eigenvalue weighted by Gasteiger charge is 2.13. The van der Waals surface area contributed by atoms with Crippen LogP contribution in [0.4, 0.5) is 5.82 Å². The summed E-state index contributed by atoms with van der Waals surface area (Å²) in [5.74, 6) is 0.426. The van der Waals surface area contributed by atoms with Gasteiger partial charge in [-0.3, -0.25) is 9.78 Å². The molecule has 2 N–H and O–H groups in total. The molecule has 21 heavy (non-hydrogen) atoms. The minimum Gasteiger partial charge on any atom is -0.369 e. The summed E-state index contributed by atoms with van der Waals surface area (Å²) >= 11 is 1.76. The molecule has 0 fully saturated rings. The first kappa shape index (κ1) is 15.4. The molecule has 1 unspecified atom stereocenters. The second kappa shape index (κ2) is 7.17. The molecule has 2 aromatic rings. The third kappa shape index (κ3) is 4.53. The molecule has 0 aromatic carbocycles. The maximum Gasteiger partial charge on any atom is 0.271 e. The Hall–Kier alpha value is -1.95. The van der Waals surface area contributed by atoms with E-state index in [1.54, 1.807) is 17.5 Å². The molecule has 0 saturated carbocycles. The highest BCUT2D eigenvalue weighted by Crippen LogP contribution is 2.16. The molecule has 0 spiro atoms. The van der Waals surface area contributed by atoms with E-state index in [1.165, 1.54) is 16.0 Å². The van der Waals surface area contributed by atoms with E-state index < -0.39 is 0 Å². The molecule has 5 nitrogen and oxygen atoms in total. The van der Waals surface area contributed by atoms with Crippen LogP contribution in [-0.2, 0) is 6.42 Å². The van der Waals surface area contributed by atoms with Crippen molar-refractivity contribution in [3.05, 3.63) is 40.0 Å². The van der Waals surface area contributed by atoms with Crippen LogP contribution in [0.5, 0.6) is 0 Å². The van der Waals surface area contributed by atoms with Crippen LogP contribution in [0.1, 0.15) is 34.1 Å². The third-order valence-electron chi connectivity index (χ3n) is 2.91. The van der Waals surface area contributed by atoms with Gasteiger partial charge in [-0.1, -0.05) is 0 Å². The van der Waals surface area contributed by atoms with Crippen LogP contribution in [0.2, 0.25) is 0 Å². The molecule has 0 bridgehead atoms. The average Bonchev–Trinajstić information content (AvgIpc) is 2.84. The van der Waals surface area contributed by atoms with E-state index in [0.29, 0.717) is 11.5 Å². The number of amides is 1. The van der Waals surface area contributed by atoms with Gasteiger partial charge in [0.05, 0.1) is 12.4 Å². The molecular weight excluding hydrogens is 284 g/mol. The van der Waals surface area contributed by atoms with Crippen LogP contribution in [0.3, 0.4) is 0 Å². The lowest BCUT2D eigenvalue weighted by Gasteiger charge is -2.13. The number of nitrogens with one attached hydrogen (secondary N) is 2. The van der Waals surface area contributed by atoms with Crippen LogP contribution < -0.4 is 10.6 Å². The van der Waals surface area contributed by atoms with Crippen molar-refractivity contribution in [3.63, 3.8) is 0 Å². The summed E-state index contributed by atoms with van der Waals surface area (Å²) in [5, 5.41) is 6.01. The van der Waals surface area contributed by atoms with Crippen molar-refractivity contribution in [3.8, 4) is 0 Å². The normalized spacial score (nSPS) is 12.0. The van der Waals surface area contributed by atoms with Gasteiger partial charge in [0.2, 0.25) is 0 Å². The minimum atomic E-state index is -0.192. The number of carbonyl (C=O) groups is 1. The smallest absolute Gasteiger partial charge is 0.271 e. The Morgan fingerprint density at radius 3 is 2.86 bits per heavy atom. The van der Waals surface area contributed by atoms with Gasteiger partial charge in [0.1, 0.15) is 11.5 Å². The average molecular weight is 304 g/mol. The van der Waals surface area contributed by atoms with E-state index in [9.17, 15) is 4.79 Å². The molecule has 0 aliphatic heterocycles. The molecule has 2 rings (SSSR count). The molecule has 1 atom stereocenters. The third-order valence-corrected chi connectivity index (χ3v) is 3.93. The van der Waals surface area contributed by atoms with Crippen molar-refractivity contribution < 1.29 is 4.79 Å². The largest absolute Gasteiger partial charge is 0.369 e. The fraction of sp³-hybridized carbons (Fsp3) is 0.400. The van der Waals surface area contributed by atoms with Crippen molar-refractivity contribution in [2.45, 2.75) is 33.2 Å². The number of anilines is 1. The standard InChI is InChI=1S/C15H20N4OS/c1-4-17-14-9-16-8-13(19-14)15(20)18-10(2)7-12-6-5-11(3)21-12/h5-6,8-10H,4,7H2,1-3H3,(H,17,19)(H,18,20). The lowest BCUT2D eigenvalue weighted by Crippen LogP contribution is -2.34. The zero-order valence-corrected chi connectivity index (χ0v) is 13.3. The summed E-state index contributed by atoms with van der Waals surface area (Å²) in [7, 11) is 0. The Balaban J connectivity index is 1.95. The topological polar surface area (TPSA) is 66.9 Å². The Labute approximate surface area is 128 Å². The van der Waals surface area contributed by atoms with Gasteiger partial charge >= 0.3 is 0 Å². The van der Waals surface area contributed by atoms with E-state index in [0.717, 1.165) is 13.0 Å². The van der Waals surface area contributed by atoms with Gasteiger partial charge in [0, 0.05) is 28.8 Å². The van der Waals surface area contributed by atoms with Crippen LogP contribution in [-0.4, -0.2) is 28.5 Å². The van der Waals surface area contributed by atoms with Crippen molar-refractivity contribution in [1.82, 2.24) is 15.3 Å². The Kier molecular flexibility index (Phi) is 5.27. The number of thiophene rings is 1. The molecule has 6 heteroatoms. The molecule has 0 aliphatic carbocycles. The first-order valence-corrected chi connectivity index (χ1v) is 7.82. The van der Waals surface area contributed by atoms with E-state index in [1.807, 2.05) is 13.8 Å². The SMILES string of the molecule is CCNc1cncc(C(=O)NC(C)Cc2ccc(C)s2)n1. The molecular formula is C15H20N4OS. The monoisotopic (exact) mass is 304 g/mol. The highest BCUT2D eigenvalue weighted by molar-refractivity contribution is 7.11. The van der Waals surface area contributed by atoms with Crippen molar-refractivity contribution in [2.75, 3.05) is 11.9 Å². The van der Waals surface area contributed by atoms with Crippen molar-refractivity contribution in [2.24, 2.45) is 0 Å². The van der Waals surface area contributed by atoms with Crippen LogP contribution >= 0.6 is 11.3 Å². The number of nitrogens with zero attached hydrogens (tertiary/aromatic N) is 2. The van der Waals surface area contributed by atoms with Crippen molar-refractivity contribution >= 4 is 23.1 Å². The second-order valence-corrected chi connectivity index (χ2v) is 6.28. The summed E-state index contributed by atoms with van der Waals surface area (Å²) in [6.07, 6.45) is 3.92. The van der Waals surface area contributed by atoms with E-state index in [2.05, 4.69) is 39.7 Å². The Bertz CT molecular complexity index is 611. The molecule has 2 aromatic heterocycles. The number of rotatable bonds is 6. The van der Waals surface area contributed by atoms with Crippen LogP contribution in [0.15, 0.2) is 24.5 Å². The minimum absolute atomic E-state index is 0.0557. The Morgan fingerprint density at radius 1 is 1.38 bits per heavy atom. The predicted molar refractivity (Wildman–Crippen MR) is 85.9 cm³/mol. The van der Waals surface area contributed by atoms with E-state index >= 15 is 0 Å². The quantitative estimate of drug-likeness (QED) is 0.861. The predicted octanol–water partition coefficient (Wildman–Crippen LogP) is 2.64. The first-order valence-electron chi connectivity index (χ1n) is 7.00. The maximum atomic E-state index is 12.2. The summed E-state index contributed by atoms with van der Waals surface area (Å²) in [6, 6.07) is 4.26. The summed E-state index contributed by atoms with van der Waals surface area (Å²) < 4.78 is 0. The zero-order valence-electron chi connectivity index (χ0n) is 12.5. The lowest BCUT2D eigenvalue weighted by atomic mass is 10.2. The number of aryl methyl sites for hydroxylation is 1. The fourth-order valence-corrected chi connectivity index (χ4v) is 3.01. The molecule has 1 amide bonds. The van der Waals surface area contributed by atoms with Crippen LogP contribution in [0, 0.1) is 6.92 Å². The first-order chi connectivity index (χ1) is 10.1. The van der Waals surface area contributed by atoms with E-state index in [-0.39, 0.29) is 11.9 Å². The summed E-state index contributed by atoms with van der Waals surface area (Å²) in [6.45, 7) is 6.79. The van der Waals surface area contributed by atoms with Gasteiger partial charge in [-0.25, -0.2) is 4.98 Å². The van der Waals surface area contributed by atoms with Gasteiger partial charge in [0.15, 0.2) is 0 Å². The second-order valence-electron chi connectivity index (χ2n) is 4.91. The van der Waals surface area contributed by atoms with Crippen molar-refractivity contribution in [1.29, 1.82) is 0 Å². The van der Waals surface area contributed by atoms with Gasteiger partial charge in [0.25, 0.3) is 5.91 Å². The summed E-state index contributed by atoms with van der Waals surface area (Å²) in [4.78, 5) is 23.0. The molecule has 0 saturated heterocycles. The number of aromatic nitrogens is 2. The fourth-order valence-electron chi connectivity index (χ4n) is 1.99. The lowest BCUT2D eigenvalue weighted by molar-refractivity contribution is 0.0935. The maximum absolute atomic E-state index is 12.2. The number of hydrogen-bond donors (Lipinski definition) is 2. The van der Waals surface area contributed by atoms with Gasteiger partial charge < -0.3 is 10.6 Å².